The summed E-state index contributed by atoms with van der Waals surface area (Å²) in [6.07, 6.45) is -0.794. The van der Waals surface area contributed by atoms with E-state index < -0.39 is 65.6 Å². The molecule has 0 aromatic heterocycles. The van der Waals surface area contributed by atoms with Gasteiger partial charge < -0.3 is 43.4 Å². The zero-order valence-electron chi connectivity index (χ0n) is 21.3. The first-order chi connectivity index (χ1) is 17.7. The summed E-state index contributed by atoms with van der Waals surface area (Å²) in [4.78, 5) is 72.5. The van der Waals surface area contributed by atoms with Gasteiger partial charge in [0.05, 0.1) is 6.04 Å². The van der Waals surface area contributed by atoms with Crippen molar-refractivity contribution in [3.05, 3.63) is 29.8 Å². The van der Waals surface area contributed by atoms with Crippen LogP contribution in [0.4, 0.5) is 0 Å². The molecule has 0 saturated heterocycles. The third-order valence-corrected chi connectivity index (χ3v) is 5.59. The Morgan fingerprint density at radius 1 is 0.789 bits per heavy atom. The highest BCUT2D eigenvalue weighted by atomic mass is 16.4. The van der Waals surface area contributed by atoms with Gasteiger partial charge in [-0.25, -0.2) is 4.79 Å². The number of carboxylic acid groups (broad SMARTS) is 1. The van der Waals surface area contributed by atoms with E-state index in [1.807, 2.05) is 0 Å². The number of aromatic hydroxyl groups is 1. The smallest absolute Gasteiger partial charge is 0.326 e. The standard InChI is InChI=1S/C24H36N6O8/c1-12(2)20(30-21(34)15(25)7-9-18(26)32)23(36)28-16(8-10-19(27)33)22(35)29-17(24(37)38)11-13-3-5-14(31)6-4-13/h3-6,12,15-17,20,31H,7-11,25H2,1-2H3,(H2,26,32)(H2,27,33)(H,28,36)(H,29,35)(H,30,34)(H,37,38). The van der Waals surface area contributed by atoms with Gasteiger partial charge >= 0.3 is 5.97 Å². The summed E-state index contributed by atoms with van der Waals surface area (Å²) in [5.41, 5.74) is 16.5. The number of benzene rings is 1. The Labute approximate surface area is 219 Å². The molecule has 0 saturated carbocycles. The number of nitrogens with two attached hydrogens (primary N) is 3. The fourth-order valence-electron chi connectivity index (χ4n) is 3.38. The number of hydrogen-bond acceptors (Lipinski definition) is 8. The van der Waals surface area contributed by atoms with Crippen LogP contribution in [0.3, 0.4) is 0 Å². The third-order valence-electron chi connectivity index (χ3n) is 5.59. The quantitative estimate of drug-likeness (QED) is 0.116. The van der Waals surface area contributed by atoms with Crippen LogP contribution in [0.2, 0.25) is 0 Å². The van der Waals surface area contributed by atoms with Crippen LogP contribution >= 0.6 is 0 Å². The molecular weight excluding hydrogens is 500 g/mol. The van der Waals surface area contributed by atoms with Gasteiger partial charge in [0, 0.05) is 19.3 Å². The fourth-order valence-corrected chi connectivity index (χ4v) is 3.38. The van der Waals surface area contributed by atoms with Crippen molar-refractivity contribution >= 4 is 35.5 Å². The summed E-state index contributed by atoms with van der Waals surface area (Å²) < 4.78 is 0. The average Bonchev–Trinajstić information content (AvgIpc) is 2.83. The monoisotopic (exact) mass is 536 g/mol. The molecule has 11 N–H and O–H groups in total. The van der Waals surface area contributed by atoms with Crippen molar-refractivity contribution in [3.63, 3.8) is 0 Å². The largest absolute Gasteiger partial charge is 0.508 e. The molecule has 210 valence electrons. The first-order valence-electron chi connectivity index (χ1n) is 11.9. The first kappa shape index (κ1) is 31.8. The van der Waals surface area contributed by atoms with E-state index in [1.165, 1.54) is 24.3 Å². The van der Waals surface area contributed by atoms with Crippen LogP contribution in [0.1, 0.15) is 45.1 Å². The number of primary amides is 2. The molecule has 0 radical (unpaired) electrons. The molecule has 0 aliphatic heterocycles. The van der Waals surface area contributed by atoms with Crippen molar-refractivity contribution in [3.8, 4) is 5.75 Å². The molecule has 1 rings (SSSR count). The zero-order chi connectivity index (χ0) is 29.0. The number of nitrogens with one attached hydrogen (secondary N) is 3. The Kier molecular flexibility index (Phi) is 12.7. The minimum absolute atomic E-state index is 0.0143. The summed E-state index contributed by atoms with van der Waals surface area (Å²) in [5.74, 6) is -5.56. The molecule has 4 unspecified atom stereocenters. The molecule has 0 bridgehead atoms. The number of carboxylic acids is 1. The summed E-state index contributed by atoms with van der Waals surface area (Å²) >= 11 is 0. The van der Waals surface area contributed by atoms with Gasteiger partial charge in [0.2, 0.25) is 29.5 Å². The van der Waals surface area contributed by atoms with E-state index in [9.17, 15) is 39.0 Å². The lowest BCUT2D eigenvalue weighted by Crippen LogP contribution is -2.58. The molecule has 0 fully saturated rings. The van der Waals surface area contributed by atoms with Crippen molar-refractivity contribution in [2.75, 3.05) is 0 Å². The van der Waals surface area contributed by atoms with Gasteiger partial charge in [-0.15, -0.1) is 0 Å². The lowest BCUT2D eigenvalue weighted by atomic mass is 10.0. The van der Waals surface area contributed by atoms with E-state index >= 15 is 0 Å². The van der Waals surface area contributed by atoms with Crippen molar-refractivity contribution in [1.82, 2.24) is 16.0 Å². The van der Waals surface area contributed by atoms with Crippen LogP contribution in [0, 0.1) is 5.92 Å². The number of aliphatic carboxylic acids is 1. The highest BCUT2D eigenvalue weighted by Gasteiger charge is 2.32. The number of rotatable bonds is 16. The minimum Gasteiger partial charge on any atom is -0.508 e. The Morgan fingerprint density at radius 3 is 1.82 bits per heavy atom. The van der Waals surface area contributed by atoms with Crippen molar-refractivity contribution in [2.24, 2.45) is 23.1 Å². The number of amides is 5. The Balaban J connectivity index is 3.00. The van der Waals surface area contributed by atoms with Gasteiger partial charge in [-0.2, -0.15) is 0 Å². The molecule has 1 aromatic carbocycles. The van der Waals surface area contributed by atoms with Crippen molar-refractivity contribution < 1.29 is 39.0 Å². The summed E-state index contributed by atoms with van der Waals surface area (Å²) in [7, 11) is 0. The number of carbonyl (C=O) groups is 6. The Bertz CT molecular complexity index is 1010. The molecule has 38 heavy (non-hydrogen) atoms. The second-order valence-corrected chi connectivity index (χ2v) is 9.18. The molecule has 14 heteroatoms. The molecule has 14 nitrogen and oxygen atoms in total. The maximum absolute atomic E-state index is 13.0. The molecule has 0 spiro atoms. The highest BCUT2D eigenvalue weighted by Crippen LogP contribution is 2.12. The molecule has 0 heterocycles. The van der Waals surface area contributed by atoms with Gasteiger partial charge in [0.1, 0.15) is 23.9 Å². The van der Waals surface area contributed by atoms with E-state index in [1.54, 1.807) is 13.8 Å². The third kappa shape index (κ3) is 11.2. The Hall–Kier alpha value is -4.20. The van der Waals surface area contributed by atoms with E-state index in [4.69, 9.17) is 17.2 Å². The van der Waals surface area contributed by atoms with Crippen LogP contribution in [-0.2, 0) is 35.2 Å². The summed E-state index contributed by atoms with van der Waals surface area (Å²) in [5, 5.41) is 26.3. The van der Waals surface area contributed by atoms with E-state index in [0.29, 0.717) is 5.56 Å². The second-order valence-electron chi connectivity index (χ2n) is 9.18. The highest BCUT2D eigenvalue weighted by molar-refractivity contribution is 5.94. The lowest BCUT2D eigenvalue weighted by molar-refractivity contribution is -0.142. The van der Waals surface area contributed by atoms with E-state index in [-0.39, 0.29) is 37.9 Å². The predicted molar refractivity (Wildman–Crippen MR) is 135 cm³/mol. The van der Waals surface area contributed by atoms with Gasteiger partial charge in [0.15, 0.2) is 0 Å². The number of phenolic OH excluding ortho intramolecular Hbond substituents is 1. The van der Waals surface area contributed by atoms with Crippen molar-refractivity contribution in [2.45, 2.75) is 70.1 Å². The topological polar surface area (TPSA) is 257 Å². The van der Waals surface area contributed by atoms with Crippen LogP contribution in [-0.4, -0.2) is 69.9 Å². The van der Waals surface area contributed by atoms with Crippen LogP contribution in [0.15, 0.2) is 24.3 Å². The maximum atomic E-state index is 13.0. The van der Waals surface area contributed by atoms with Gasteiger partial charge in [0.25, 0.3) is 0 Å². The van der Waals surface area contributed by atoms with Crippen LogP contribution in [0.5, 0.6) is 5.75 Å². The van der Waals surface area contributed by atoms with Crippen LogP contribution < -0.4 is 33.2 Å². The maximum Gasteiger partial charge on any atom is 0.326 e. The van der Waals surface area contributed by atoms with Gasteiger partial charge in [-0.05, 0) is 36.5 Å². The van der Waals surface area contributed by atoms with E-state index in [2.05, 4.69) is 16.0 Å². The molecule has 5 amide bonds. The Morgan fingerprint density at radius 2 is 1.32 bits per heavy atom. The second kappa shape index (κ2) is 15.1. The zero-order valence-corrected chi connectivity index (χ0v) is 21.3. The minimum atomic E-state index is -1.39. The van der Waals surface area contributed by atoms with Crippen molar-refractivity contribution in [1.29, 1.82) is 0 Å². The number of phenols is 1. The average molecular weight is 537 g/mol. The number of hydrogen-bond donors (Lipinski definition) is 8. The summed E-state index contributed by atoms with van der Waals surface area (Å²) in [6.45, 7) is 3.27. The lowest BCUT2D eigenvalue weighted by Gasteiger charge is -2.27. The molecule has 4 atom stereocenters. The first-order valence-corrected chi connectivity index (χ1v) is 11.9. The molecular formula is C24H36N6O8. The molecule has 0 aliphatic rings. The van der Waals surface area contributed by atoms with Crippen LogP contribution in [0.25, 0.3) is 0 Å². The van der Waals surface area contributed by atoms with E-state index in [0.717, 1.165) is 0 Å². The SMILES string of the molecule is CC(C)C(NC(=O)C(N)CCC(N)=O)C(=O)NC(CCC(N)=O)C(=O)NC(Cc1ccc(O)cc1)C(=O)O. The fraction of sp³-hybridized carbons (Fsp3) is 0.500. The molecule has 0 aliphatic carbocycles. The number of carbonyl (C=O) groups excluding carboxylic acids is 5. The predicted octanol–water partition coefficient (Wildman–Crippen LogP) is -2.01. The summed E-state index contributed by atoms with van der Waals surface area (Å²) in [6, 6.07) is 0.738. The normalized spacial score (nSPS) is 14.0. The molecule has 1 aromatic rings. The van der Waals surface area contributed by atoms with Gasteiger partial charge in [-0.3, -0.25) is 24.0 Å². The van der Waals surface area contributed by atoms with Gasteiger partial charge in [-0.1, -0.05) is 26.0 Å².